The highest BCUT2D eigenvalue weighted by Gasteiger charge is 2.91. The van der Waals surface area contributed by atoms with Crippen molar-refractivity contribution in [2.24, 2.45) is 5.41 Å². The molecule has 0 aromatic carbocycles. The van der Waals surface area contributed by atoms with Crippen molar-refractivity contribution in [1.29, 1.82) is 0 Å². The highest BCUT2D eigenvalue weighted by atomic mass is 31.2. The van der Waals surface area contributed by atoms with Gasteiger partial charge in [0.15, 0.2) is 5.16 Å². The van der Waals surface area contributed by atoms with Crippen LogP contribution in [0.2, 0.25) is 0 Å². The summed E-state index contributed by atoms with van der Waals surface area (Å²) in [6.07, 6.45) is 0. The van der Waals surface area contributed by atoms with Crippen LogP contribution in [-0.4, -0.2) is 51.3 Å². The summed E-state index contributed by atoms with van der Waals surface area (Å²) in [5, 5.41) is -1.75. The maximum absolute atomic E-state index is 13.4. The van der Waals surface area contributed by atoms with E-state index < -0.39 is 37.4 Å². The first kappa shape index (κ1) is 20.8. The predicted octanol–water partition coefficient (Wildman–Crippen LogP) is 3.06. The van der Waals surface area contributed by atoms with E-state index in [-0.39, 0.29) is 13.2 Å². The molecule has 0 amide bonds. The quantitative estimate of drug-likeness (QED) is 0.450. The Hall–Kier alpha value is -0.230. The molecule has 0 aliphatic heterocycles. The van der Waals surface area contributed by atoms with Crippen LogP contribution in [0.25, 0.3) is 0 Å². The largest absolute Gasteiger partial charge is 0.468 e. The molecule has 1 fully saturated rings. The highest BCUT2D eigenvalue weighted by molar-refractivity contribution is 7.62. The summed E-state index contributed by atoms with van der Waals surface area (Å²) in [5.74, 6) is -0.813. The lowest BCUT2D eigenvalue weighted by Gasteiger charge is -2.27. The lowest BCUT2D eigenvalue weighted by molar-refractivity contribution is -0.142. The van der Waals surface area contributed by atoms with Crippen LogP contribution in [0, 0.1) is 5.41 Å². The first-order valence-corrected chi connectivity index (χ1v) is 10.4. The molecule has 0 N–H and O–H groups in total. The first-order valence-electron chi connectivity index (χ1n) is 7.28. The molecular weight excluding hydrogens is 346 g/mol. The first-order chi connectivity index (χ1) is 10.6. The lowest BCUT2D eigenvalue weighted by Crippen LogP contribution is -2.33. The summed E-state index contributed by atoms with van der Waals surface area (Å²) in [6, 6.07) is 0. The van der Waals surface area contributed by atoms with Crippen LogP contribution in [0.5, 0.6) is 0 Å². The van der Waals surface area contributed by atoms with E-state index in [2.05, 4.69) is 0 Å². The second-order valence-corrected chi connectivity index (χ2v) is 10.2. The van der Waals surface area contributed by atoms with Gasteiger partial charge in [-0.15, -0.1) is 0 Å². The van der Waals surface area contributed by atoms with E-state index in [4.69, 9.17) is 22.8 Å². The molecule has 1 rings (SSSR count). The Bertz CT molecular complexity index is 528. The van der Waals surface area contributed by atoms with Crippen molar-refractivity contribution in [3.05, 3.63) is 0 Å². The smallest absolute Gasteiger partial charge is 0.349 e. The molecule has 0 unspecified atom stereocenters. The molecule has 0 spiro atoms. The topological polar surface area (TPSA) is 97.4 Å². The molecule has 0 heterocycles. The van der Waals surface area contributed by atoms with Crippen molar-refractivity contribution < 1.29 is 36.8 Å². The maximum atomic E-state index is 13.4. The van der Waals surface area contributed by atoms with E-state index in [1.54, 1.807) is 27.7 Å². The Labute approximate surface area is 137 Å². The minimum atomic E-state index is -3.99. The second kappa shape index (κ2) is 6.95. The van der Waals surface area contributed by atoms with Gasteiger partial charge in [0.05, 0.1) is 26.0 Å². The molecule has 23 heavy (non-hydrogen) atoms. The van der Waals surface area contributed by atoms with Gasteiger partial charge in [-0.3, -0.25) is 13.9 Å². The van der Waals surface area contributed by atoms with Gasteiger partial charge in [0.1, 0.15) is 0 Å². The number of esters is 1. The average Bonchev–Trinajstić information content (AvgIpc) is 3.05. The van der Waals surface area contributed by atoms with E-state index >= 15 is 0 Å². The molecule has 1 saturated carbocycles. The number of ether oxygens (including phenoxy) is 1. The molecule has 136 valence electrons. The highest BCUT2D eigenvalue weighted by Crippen LogP contribution is 2.88. The molecule has 2 atom stereocenters. The van der Waals surface area contributed by atoms with Gasteiger partial charge in [-0.1, -0.05) is 13.8 Å². The van der Waals surface area contributed by atoms with Gasteiger partial charge in [0, 0.05) is 19.6 Å². The molecule has 0 aromatic rings. The van der Waals surface area contributed by atoms with Crippen molar-refractivity contribution in [2.45, 2.75) is 38.5 Å². The zero-order valence-electron chi connectivity index (χ0n) is 14.7. The third-order valence-electron chi connectivity index (χ3n) is 4.33. The molecule has 10 heteroatoms. The summed E-state index contributed by atoms with van der Waals surface area (Å²) >= 11 is 0. The van der Waals surface area contributed by atoms with Crippen LogP contribution in [-0.2, 0) is 36.8 Å². The number of carbonyl (C=O) groups excluding carboxylic acids is 1. The van der Waals surface area contributed by atoms with Crippen molar-refractivity contribution in [3.63, 3.8) is 0 Å². The number of carbonyl (C=O) groups is 1. The number of methoxy groups -OCH3 is 1. The minimum absolute atomic E-state index is 0.0586. The number of hydrogen-bond donors (Lipinski definition) is 0. The van der Waals surface area contributed by atoms with Gasteiger partial charge in [0.2, 0.25) is 0 Å². The van der Waals surface area contributed by atoms with E-state index in [9.17, 15) is 13.9 Å². The number of rotatable bonds is 9. The summed E-state index contributed by atoms with van der Waals surface area (Å²) in [7, 11) is -4.12. The molecule has 1 aliphatic rings. The standard InChI is InChI=1S/C13H26O8P2/c1-8-20-23(16,21-9-2)13(11(14)17-5)10(12(13,3)4)22(15,18-6)19-7/h10H,8-9H2,1-7H3/t10-,13-/m1/s1. The molecule has 8 nitrogen and oxygen atoms in total. The zero-order valence-corrected chi connectivity index (χ0v) is 16.4. The van der Waals surface area contributed by atoms with Crippen molar-refractivity contribution in [2.75, 3.05) is 34.5 Å². The minimum Gasteiger partial charge on any atom is -0.468 e. The zero-order chi connectivity index (χ0) is 18.1. The van der Waals surface area contributed by atoms with E-state index in [1.165, 1.54) is 21.3 Å². The van der Waals surface area contributed by atoms with E-state index in [0.717, 1.165) is 0 Å². The Morgan fingerprint density at radius 3 is 1.74 bits per heavy atom. The van der Waals surface area contributed by atoms with Crippen LogP contribution in [0.1, 0.15) is 27.7 Å². The van der Waals surface area contributed by atoms with Gasteiger partial charge in [0.25, 0.3) is 0 Å². The normalized spacial score (nSPS) is 26.8. The fourth-order valence-electron chi connectivity index (χ4n) is 3.35. The molecule has 0 saturated heterocycles. The van der Waals surface area contributed by atoms with Crippen LogP contribution in [0.3, 0.4) is 0 Å². The van der Waals surface area contributed by atoms with Crippen LogP contribution < -0.4 is 0 Å². The summed E-state index contributed by atoms with van der Waals surface area (Å²) in [5.41, 5.74) is -2.03. The van der Waals surface area contributed by atoms with Gasteiger partial charge in [-0.25, -0.2) is 0 Å². The van der Waals surface area contributed by atoms with E-state index in [0.29, 0.717) is 0 Å². The van der Waals surface area contributed by atoms with Crippen molar-refractivity contribution >= 4 is 21.2 Å². The fourth-order valence-corrected chi connectivity index (χ4v) is 9.55. The Morgan fingerprint density at radius 1 is 1.00 bits per heavy atom. The maximum Gasteiger partial charge on any atom is 0.349 e. The molecule has 0 aromatic heterocycles. The molecule has 1 aliphatic carbocycles. The summed E-state index contributed by atoms with van der Waals surface area (Å²) in [4.78, 5) is 12.6. The Kier molecular flexibility index (Phi) is 6.29. The van der Waals surface area contributed by atoms with E-state index in [1.807, 2.05) is 0 Å². The van der Waals surface area contributed by atoms with Gasteiger partial charge < -0.3 is 22.8 Å². The molecule has 0 bridgehead atoms. The van der Waals surface area contributed by atoms with Crippen molar-refractivity contribution in [3.8, 4) is 0 Å². The third-order valence-corrected chi connectivity index (χ3v) is 10.3. The molecule has 0 radical (unpaired) electrons. The van der Waals surface area contributed by atoms with Crippen LogP contribution in [0.4, 0.5) is 0 Å². The lowest BCUT2D eigenvalue weighted by atomic mass is 10.1. The van der Waals surface area contributed by atoms with Crippen LogP contribution >= 0.6 is 15.2 Å². The molecular formula is C13H26O8P2. The van der Waals surface area contributed by atoms with Gasteiger partial charge >= 0.3 is 21.2 Å². The third kappa shape index (κ3) is 2.74. The van der Waals surface area contributed by atoms with Gasteiger partial charge in [-0.2, -0.15) is 0 Å². The summed E-state index contributed by atoms with van der Waals surface area (Å²) in [6.45, 7) is 6.67. The average molecular weight is 372 g/mol. The Morgan fingerprint density at radius 2 is 1.43 bits per heavy atom. The fraction of sp³-hybridized carbons (Fsp3) is 0.923. The summed E-state index contributed by atoms with van der Waals surface area (Å²) < 4.78 is 52.0. The monoisotopic (exact) mass is 372 g/mol. The SMILES string of the molecule is CCOP(=O)(OCC)[C@@]1(C(=O)OC)[C@H](P(=O)(OC)OC)C1(C)C. The predicted molar refractivity (Wildman–Crippen MR) is 84.8 cm³/mol. The second-order valence-electron chi connectivity index (χ2n) is 5.62. The Balaban J connectivity index is 3.61. The number of hydrogen-bond acceptors (Lipinski definition) is 8. The van der Waals surface area contributed by atoms with Crippen molar-refractivity contribution in [1.82, 2.24) is 0 Å². The van der Waals surface area contributed by atoms with Gasteiger partial charge in [-0.05, 0) is 13.8 Å². The van der Waals surface area contributed by atoms with Crippen LogP contribution in [0.15, 0.2) is 0 Å².